The zero-order valence-corrected chi connectivity index (χ0v) is 19.7. The smallest absolute Gasteiger partial charge is 0.200 e. The predicted molar refractivity (Wildman–Crippen MR) is 135 cm³/mol. The van der Waals surface area contributed by atoms with Gasteiger partial charge >= 0.3 is 0 Å². The minimum absolute atomic E-state index is 0.155. The van der Waals surface area contributed by atoms with E-state index in [1.54, 1.807) is 30.3 Å². The van der Waals surface area contributed by atoms with Crippen LogP contribution in [0.5, 0.6) is 11.5 Å². The van der Waals surface area contributed by atoms with Gasteiger partial charge in [-0.05, 0) is 79.2 Å². The first-order valence-corrected chi connectivity index (χ1v) is 11.8. The molecular formula is C28H21FN2O3S. The quantitative estimate of drug-likeness (QED) is 0.196. The van der Waals surface area contributed by atoms with Crippen LogP contribution in [0.25, 0.3) is 22.9 Å². The summed E-state index contributed by atoms with van der Waals surface area (Å²) in [5.41, 5.74) is 3.38. The fourth-order valence-corrected chi connectivity index (χ4v) is 4.05. The fraction of sp³-hybridized carbons (Fsp3) is 0.107. The largest absolute Gasteiger partial charge is 0.494 e. The Morgan fingerprint density at radius 2 is 1.66 bits per heavy atom. The normalized spacial score (nSPS) is 11.1. The second-order valence-corrected chi connectivity index (χ2v) is 8.31. The Morgan fingerprint density at radius 3 is 2.31 bits per heavy atom. The number of ether oxygens (including phenoxy) is 2. The van der Waals surface area contributed by atoms with Crippen molar-refractivity contribution in [3.05, 3.63) is 100 Å². The summed E-state index contributed by atoms with van der Waals surface area (Å²) in [6.45, 7) is 2.39. The van der Waals surface area contributed by atoms with Gasteiger partial charge in [0.15, 0.2) is 12.4 Å². The number of thiazole rings is 1. The monoisotopic (exact) mass is 484 g/mol. The molecule has 0 aliphatic carbocycles. The number of allylic oxidation sites excluding steroid dienone is 1. The number of aromatic nitrogens is 1. The first-order valence-electron chi connectivity index (χ1n) is 10.9. The molecule has 0 aliphatic heterocycles. The molecule has 5 nitrogen and oxygen atoms in total. The Labute approximate surface area is 206 Å². The number of rotatable bonds is 9. The number of halogens is 1. The molecule has 0 radical (unpaired) electrons. The SMILES string of the molecule is CCOc1ccc(-c2csc(/C(C#N)=C/c3ccc(OCC(=O)c4ccc(F)cc4)cc3)n2)cc1. The van der Waals surface area contributed by atoms with E-state index in [9.17, 15) is 14.4 Å². The van der Waals surface area contributed by atoms with E-state index >= 15 is 0 Å². The van der Waals surface area contributed by atoms with Gasteiger partial charge in [0.1, 0.15) is 28.4 Å². The fourth-order valence-electron chi connectivity index (χ4n) is 3.26. The van der Waals surface area contributed by atoms with Crippen molar-refractivity contribution in [2.75, 3.05) is 13.2 Å². The average Bonchev–Trinajstić information content (AvgIpc) is 3.38. The minimum Gasteiger partial charge on any atom is -0.494 e. The van der Waals surface area contributed by atoms with E-state index in [1.165, 1.54) is 35.6 Å². The first-order chi connectivity index (χ1) is 17.1. The van der Waals surface area contributed by atoms with Gasteiger partial charge in [0.25, 0.3) is 0 Å². The van der Waals surface area contributed by atoms with E-state index in [4.69, 9.17) is 9.47 Å². The van der Waals surface area contributed by atoms with Gasteiger partial charge in [-0.15, -0.1) is 11.3 Å². The first kappa shape index (κ1) is 23.9. The van der Waals surface area contributed by atoms with Crippen molar-refractivity contribution >= 4 is 28.8 Å². The summed E-state index contributed by atoms with van der Waals surface area (Å²) in [5.74, 6) is 0.681. The molecule has 0 N–H and O–H groups in total. The van der Waals surface area contributed by atoms with Crippen molar-refractivity contribution in [1.29, 1.82) is 5.26 Å². The van der Waals surface area contributed by atoms with E-state index in [-0.39, 0.29) is 12.4 Å². The number of carbonyl (C=O) groups is 1. The molecule has 7 heteroatoms. The number of nitrogens with zero attached hydrogens (tertiary/aromatic N) is 2. The number of benzene rings is 3. The van der Waals surface area contributed by atoms with Crippen molar-refractivity contribution in [2.24, 2.45) is 0 Å². The standard InChI is InChI=1S/C28H21FN2O3S/c1-2-33-24-13-7-20(8-14-24)26-18-35-28(31-26)22(16-30)15-19-3-11-25(12-4-19)34-17-27(32)21-5-9-23(29)10-6-21/h3-15,18H,2,17H2,1H3/b22-15+. The van der Waals surface area contributed by atoms with Crippen molar-refractivity contribution in [3.63, 3.8) is 0 Å². The summed E-state index contributed by atoms with van der Waals surface area (Å²) >= 11 is 1.41. The molecular weight excluding hydrogens is 463 g/mol. The lowest BCUT2D eigenvalue weighted by atomic mass is 10.1. The lowest BCUT2D eigenvalue weighted by Crippen LogP contribution is -2.11. The van der Waals surface area contributed by atoms with Crippen LogP contribution in [-0.2, 0) is 0 Å². The van der Waals surface area contributed by atoms with Crippen LogP contribution in [-0.4, -0.2) is 24.0 Å². The second-order valence-electron chi connectivity index (χ2n) is 7.45. The van der Waals surface area contributed by atoms with E-state index in [0.717, 1.165) is 22.6 Å². The highest BCUT2D eigenvalue weighted by Crippen LogP contribution is 2.28. The summed E-state index contributed by atoms with van der Waals surface area (Å²) in [6.07, 6.45) is 1.76. The van der Waals surface area contributed by atoms with E-state index in [2.05, 4.69) is 11.1 Å². The highest BCUT2D eigenvalue weighted by Gasteiger charge is 2.10. The third-order valence-corrected chi connectivity index (χ3v) is 5.92. The summed E-state index contributed by atoms with van der Waals surface area (Å²) in [7, 11) is 0. The molecule has 4 aromatic rings. The van der Waals surface area contributed by atoms with Crippen LogP contribution in [0, 0.1) is 17.1 Å². The highest BCUT2D eigenvalue weighted by molar-refractivity contribution is 7.11. The van der Waals surface area contributed by atoms with Crippen LogP contribution < -0.4 is 9.47 Å². The third kappa shape index (κ3) is 6.19. The van der Waals surface area contributed by atoms with Gasteiger partial charge in [-0.25, -0.2) is 9.37 Å². The maximum atomic E-state index is 13.0. The number of hydrogen-bond acceptors (Lipinski definition) is 6. The molecule has 0 atom stereocenters. The van der Waals surface area contributed by atoms with Gasteiger partial charge in [0.2, 0.25) is 0 Å². The van der Waals surface area contributed by atoms with E-state index in [0.29, 0.717) is 28.5 Å². The number of ketones is 1. The van der Waals surface area contributed by atoms with E-state index < -0.39 is 5.82 Å². The molecule has 35 heavy (non-hydrogen) atoms. The second kappa shape index (κ2) is 11.2. The molecule has 1 heterocycles. The number of hydrogen-bond donors (Lipinski definition) is 0. The summed E-state index contributed by atoms with van der Waals surface area (Å²) in [4.78, 5) is 16.8. The van der Waals surface area contributed by atoms with Gasteiger partial charge in [-0.1, -0.05) is 12.1 Å². The predicted octanol–water partition coefficient (Wildman–Crippen LogP) is 6.67. The average molecular weight is 485 g/mol. The summed E-state index contributed by atoms with van der Waals surface area (Å²) in [5, 5.41) is 12.2. The maximum Gasteiger partial charge on any atom is 0.200 e. The molecule has 0 saturated heterocycles. The molecule has 0 bridgehead atoms. The molecule has 174 valence electrons. The number of carbonyl (C=O) groups excluding carboxylic acids is 1. The molecule has 4 rings (SSSR count). The van der Waals surface area contributed by atoms with Crippen LogP contribution in [0.2, 0.25) is 0 Å². The molecule has 1 aromatic heterocycles. The molecule has 0 spiro atoms. The Morgan fingerprint density at radius 1 is 1.00 bits per heavy atom. The third-order valence-electron chi connectivity index (χ3n) is 5.04. The molecule has 0 saturated carbocycles. The van der Waals surface area contributed by atoms with Crippen molar-refractivity contribution in [2.45, 2.75) is 6.92 Å². The number of nitriles is 1. The Hall–Kier alpha value is -4.28. The van der Waals surface area contributed by atoms with Crippen molar-refractivity contribution < 1.29 is 18.7 Å². The lowest BCUT2D eigenvalue weighted by molar-refractivity contribution is 0.0921. The molecule has 3 aromatic carbocycles. The van der Waals surface area contributed by atoms with Crippen LogP contribution in [0.1, 0.15) is 27.9 Å². The zero-order chi connectivity index (χ0) is 24.6. The Kier molecular flexibility index (Phi) is 7.66. The molecule has 0 amide bonds. The summed E-state index contributed by atoms with van der Waals surface area (Å²) in [6, 6.07) is 22.3. The summed E-state index contributed by atoms with van der Waals surface area (Å²) < 4.78 is 24.0. The van der Waals surface area contributed by atoms with Gasteiger partial charge < -0.3 is 9.47 Å². The van der Waals surface area contributed by atoms with Gasteiger partial charge in [-0.3, -0.25) is 4.79 Å². The van der Waals surface area contributed by atoms with Gasteiger partial charge in [0, 0.05) is 16.5 Å². The van der Waals surface area contributed by atoms with Crippen molar-refractivity contribution in [1.82, 2.24) is 4.98 Å². The molecule has 0 aliphatic rings. The topological polar surface area (TPSA) is 72.2 Å². The zero-order valence-electron chi connectivity index (χ0n) is 18.9. The van der Waals surface area contributed by atoms with Crippen LogP contribution in [0.3, 0.4) is 0 Å². The van der Waals surface area contributed by atoms with Gasteiger partial charge in [0.05, 0.1) is 17.9 Å². The Balaban J connectivity index is 1.41. The van der Waals surface area contributed by atoms with Crippen LogP contribution in [0.15, 0.2) is 78.2 Å². The highest BCUT2D eigenvalue weighted by atomic mass is 32.1. The minimum atomic E-state index is -0.395. The van der Waals surface area contributed by atoms with Gasteiger partial charge in [-0.2, -0.15) is 5.26 Å². The maximum absolute atomic E-state index is 13.0. The lowest BCUT2D eigenvalue weighted by Gasteiger charge is -2.06. The number of Topliss-reactive ketones (excluding diaryl/α,β-unsaturated/α-hetero) is 1. The Bertz CT molecular complexity index is 1370. The van der Waals surface area contributed by atoms with Crippen LogP contribution in [0.4, 0.5) is 4.39 Å². The van der Waals surface area contributed by atoms with Crippen molar-refractivity contribution in [3.8, 4) is 28.8 Å². The molecule has 0 fully saturated rings. The van der Waals surface area contributed by atoms with Crippen LogP contribution >= 0.6 is 11.3 Å². The molecule has 0 unspecified atom stereocenters. The van der Waals surface area contributed by atoms with E-state index in [1.807, 2.05) is 36.6 Å².